The fourth-order valence-electron chi connectivity index (χ4n) is 1.66. The third-order valence-electron chi connectivity index (χ3n) is 2.63. The number of nitrogens with one attached hydrogen (secondary N) is 1. The smallest absolute Gasteiger partial charge is 0.121 e. The molecule has 0 saturated carbocycles. The average molecular weight is 277 g/mol. The van der Waals surface area contributed by atoms with Crippen molar-refractivity contribution >= 4 is 17.3 Å². The Morgan fingerprint density at radius 2 is 1.89 bits per heavy atom. The second kappa shape index (κ2) is 7.02. The van der Waals surface area contributed by atoms with E-state index in [0.29, 0.717) is 13.2 Å². The molecule has 3 N–H and O–H groups in total. The monoisotopic (exact) mass is 276 g/mol. The number of hydrogen-bond donors (Lipinski definition) is 2. The van der Waals surface area contributed by atoms with Gasteiger partial charge in [0.15, 0.2) is 0 Å². The lowest BCUT2D eigenvalue weighted by Crippen LogP contribution is -2.12. The molecule has 0 fully saturated rings. The average Bonchev–Trinajstić information content (AvgIpc) is 2.45. The SMILES string of the molecule is NCCNc1cccc(OCc2ccc(Cl)cc2)c1. The maximum Gasteiger partial charge on any atom is 0.121 e. The molecule has 2 aromatic carbocycles. The van der Waals surface area contributed by atoms with Gasteiger partial charge in [-0.1, -0.05) is 29.8 Å². The van der Waals surface area contributed by atoms with E-state index in [1.807, 2.05) is 48.5 Å². The highest BCUT2D eigenvalue weighted by molar-refractivity contribution is 6.30. The van der Waals surface area contributed by atoms with Crippen LogP contribution in [0.4, 0.5) is 5.69 Å². The summed E-state index contributed by atoms with van der Waals surface area (Å²) in [7, 11) is 0. The minimum atomic E-state index is 0.525. The number of anilines is 1. The highest BCUT2D eigenvalue weighted by atomic mass is 35.5. The van der Waals surface area contributed by atoms with Crippen molar-refractivity contribution in [3.8, 4) is 5.75 Å². The van der Waals surface area contributed by atoms with Crippen molar-refractivity contribution in [2.75, 3.05) is 18.4 Å². The van der Waals surface area contributed by atoms with E-state index in [-0.39, 0.29) is 0 Å². The maximum atomic E-state index is 5.84. The van der Waals surface area contributed by atoms with Gasteiger partial charge in [-0.05, 0) is 29.8 Å². The van der Waals surface area contributed by atoms with Crippen molar-refractivity contribution in [1.29, 1.82) is 0 Å². The summed E-state index contributed by atoms with van der Waals surface area (Å²) in [5.41, 5.74) is 7.56. The van der Waals surface area contributed by atoms with Gasteiger partial charge in [0.05, 0.1) is 0 Å². The molecule has 0 aliphatic carbocycles. The molecule has 2 aromatic rings. The highest BCUT2D eigenvalue weighted by Gasteiger charge is 1.98. The normalized spacial score (nSPS) is 10.2. The van der Waals surface area contributed by atoms with E-state index in [1.165, 1.54) is 0 Å². The third kappa shape index (κ3) is 4.47. The maximum absolute atomic E-state index is 5.84. The van der Waals surface area contributed by atoms with Crippen LogP contribution >= 0.6 is 11.6 Å². The van der Waals surface area contributed by atoms with Crippen molar-refractivity contribution in [3.63, 3.8) is 0 Å². The fraction of sp³-hybridized carbons (Fsp3) is 0.200. The fourth-order valence-corrected chi connectivity index (χ4v) is 1.79. The Bertz CT molecular complexity index is 514. The highest BCUT2D eigenvalue weighted by Crippen LogP contribution is 2.19. The lowest BCUT2D eigenvalue weighted by atomic mass is 10.2. The van der Waals surface area contributed by atoms with Crippen LogP contribution in [0, 0.1) is 0 Å². The van der Waals surface area contributed by atoms with Gasteiger partial charge in [0.2, 0.25) is 0 Å². The lowest BCUT2D eigenvalue weighted by molar-refractivity contribution is 0.306. The molecular weight excluding hydrogens is 260 g/mol. The molecule has 0 radical (unpaired) electrons. The molecule has 2 rings (SSSR count). The minimum absolute atomic E-state index is 0.525. The molecule has 3 nitrogen and oxygen atoms in total. The number of rotatable bonds is 6. The zero-order valence-corrected chi connectivity index (χ0v) is 11.4. The van der Waals surface area contributed by atoms with Crippen LogP contribution in [0.25, 0.3) is 0 Å². The number of ether oxygens (including phenoxy) is 1. The van der Waals surface area contributed by atoms with Gasteiger partial charge < -0.3 is 15.8 Å². The zero-order valence-electron chi connectivity index (χ0n) is 10.6. The summed E-state index contributed by atoms with van der Waals surface area (Å²) in [5.74, 6) is 0.831. The van der Waals surface area contributed by atoms with Crippen LogP contribution in [-0.2, 0) is 6.61 Å². The number of hydrogen-bond acceptors (Lipinski definition) is 3. The van der Waals surface area contributed by atoms with Crippen molar-refractivity contribution < 1.29 is 4.74 Å². The molecule has 19 heavy (non-hydrogen) atoms. The van der Waals surface area contributed by atoms with E-state index in [1.54, 1.807) is 0 Å². The Morgan fingerprint density at radius 1 is 1.11 bits per heavy atom. The molecule has 0 aliphatic rings. The van der Waals surface area contributed by atoms with Crippen LogP contribution in [0.15, 0.2) is 48.5 Å². The van der Waals surface area contributed by atoms with Crippen LogP contribution in [-0.4, -0.2) is 13.1 Å². The van der Waals surface area contributed by atoms with Crippen LogP contribution in [0.2, 0.25) is 5.02 Å². The summed E-state index contributed by atoms with van der Waals surface area (Å²) in [6.45, 7) is 1.88. The standard InChI is InChI=1S/C15H17ClN2O/c16-13-6-4-12(5-7-13)11-19-15-3-1-2-14(10-15)18-9-8-17/h1-7,10,18H,8-9,11,17H2. The molecule has 0 atom stereocenters. The van der Waals surface area contributed by atoms with Crippen LogP contribution < -0.4 is 15.8 Å². The van der Waals surface area contributed by atoms with Gasteiger partial charge in [-0.15, -0.1) is 0 Å². The molecule has 0 aliphatic heterocycles. The summed E-state index contributed by atoms with van der Waals surface area (Å²) in [4.78, 5) is 0. The van der Waals surface area contributed by atoms with Gasteiger partial charge in [0.25, 0.3) is 0 Å². The second-order valence-corrected chi connectivity index (χ2v) is 4.59. The third-order valence-corrected chi connectivity index (χ3v) is 2.88. The quantitative estimate of drug-likeness (QED) is 0.851. The van der Waals surface area contributed by atoms with Gasteiger partial charge in [-0.2, -0.15) is 0 Å². The van der Waals surface area contributed by atoms with E-state index >= 15 is 0 Å². The van der Waals surface area contributed by atoms with E-state index in [9.17, 15) is 0 Å². The Hall–Kier alpha value is -1.71. The van der Waals surface area contributed by atoms with Gasteiger partial charge in [0.1, 0.15) is 12.4 Å². The van der Waals surface area contributed by atoms with Crippen molar-refractivity contribution in [2.45, 2.75) is 6.61 Å². The van der Waals surface area contributed by atoms with E-state index < -0.39 is 0 Å². The van der Waals surface area contributed by atoms with Crippen LogP contribution in [0.5, 0.6) is 5.75 Å². The minimum Gasteiger partial charge on any atom is -0.489 e. The largest absolute Gasteiger partial charge is 0.489 e. The molecule has 0 aromatic heterocycles. The molecule has 0 heterocycles. The van der Waals surface area contributed by atoms with Crippen molar-refractivity contribution in [1.82, 2.24) is 0 Å². The van der Waals surface area contributed by atoms with E-state index in [0.717, 1.165) is 28.6 Å². The number of benzene rings is 2. The Labute approximate surface area is 118 Å². The molecule has 0 unspecified atom stereocenters. The Balaban J connectivity index is 1.93. The molecular formula is C15H17ClN2O. The molecule has 0 spiro atoms. The van der Waals surface area contributed by atoms with Gasteiger partial charge >= 0.3 is 0 Å². The summed E-state index contributed by atoms with van der Waals surface area (Å²) >= 11 is 5.84. The van der Waals surface area contributed by atoms with E-state index in [4.69, 9.17) is 22.1 Å². The van der Waals surface area contributed by atoms with Gasteiger partial charge in [0, 0.05) is 29.9 Å². The summed E-state index contributed by atoms with van der Waals surface area (Å²) < 4.78 is 5.74. The Kier molecular flexibility index (Phi) is 5.07. The second-order valence-electron chi connectivity index (χ2n) is 4.16. The first kappa shape index (κ1) is 13.7. The van der Waals surface area contributed by atoms with Crippen LogP contribution in [0.3, 0.4) is 0 Å². The van der Waals surface area contributed by atoms with Crippen molar-refractivity contribution in [2.24, 2.45) is 5.73 Å². The zero-order chi connectivity index (χ0) is 13.5. The summed E-state index contributed by atoms with van der Waals surface area (Å²) in [5, 5.41) is 3.95. The van der Waals surface area contributed by atoms with Gasteiger partial charge in [-0.3, -0.25) is 0 Å². The predicted octanol–water partition coefficient (Wildman–Crippen LogP) is 3.29. The lowest BCUT2D eigenvalue weighted by Gasteiger charge is -2.09. The number of nitrogens with two attached hydrogens (primary N) is 1. The Morgan fingerprint density at radius 3 is 2.63 bits per heavy atom. The number of halogens is 1. The first-order valence-electron chi connectivity index (χ1n) is 6.19. The molecule has 0 amide bonds. The van der Waals surface area contributed by atoms with Gasteiger partial charge in [-0.25, -0.2) is 0 Å². The topological polar surface area (TPSA) is 47.3 Å². The first-order valence-corrected chi connectivity index (χ1v) is 6.57. The van der Waals surface area contributed by atoms with Crippen LogP contribution in [0.1, 0.15) is 5.56 Å². The molecule has 100 valence electrons. The summed E-state index contributed by atoms with van der Waals surface area (Å²) in [6, 6.07) is 15.5. The summed E-state index contributed by atoms with van der Waals surface area (Å²) in [6.07, 6.45) is 0. The predicted molar refractivity (Wildman–Crippen MR) is 79.8 cm³/mol. The molecule has 0 saturated heterocycles. The molecule has 0 bridgehead atoms. The first-order chi connectivity index (χ1) is 9.28. The van der Waals surface area contributed by atoms with Crippen molar-refractivity contribution in [3.05, 3.63) is 59.1 Å². The van der Waals surface area contributed by atoms with E-state index in [2.05, 4.69) is 5.32 Å². The molecule has 4 heteroatoms.